The topological polar surface area (TPSA) is 35.5 Å². The van der Waals surface area contributed by atoms with Crippen LogP contribution in [0.5, 0.6) is 0 Å². The van der Waals surface area contributed by atoms with E-state index in [0.717, 1.165) is 5.56 Å². The van der Waals surface area contributed by atoms with Gasteiger partial charge in [-0.1, -0.05) is 42.5 Å². The normalized spacial score (nSPS) is 36.4. The van der Waals surface area contributed by atoms with Gasteiger partial charge in [0.15, 0.2) is 0 Å². The van der Waals surface area contributed by atoms with Crippen LogP contribution >= 0.6 is 0 Å². The first kappa shape index (κ1) is 12.6. The molecule has 0 amide bonds. The van der Waals surface area contributed by atoms with Crippen LogP contribution in [-0.4, -0.2) is 31.2 Å². The number of hydrogen-bond donors (Lipinski definition) is 0. The summed E-state index contributed by atoms with van der Waals surface area (Å²) in [6, 6.07) is 10.1. The van der Waals surface area contributed by atoms with E-state index >= 15 is 0 Å². The number of methoxy groups -OCH3 is 1. The quantitative estimate of drug-likeness (QED) is 0.781. The molecule has 19 heavy (non-hydrogen) atoms. The van der Waals surface area contributed by atoms with Crippen molar-refractivity contribution in [2.24, 2.45) is 5.92 Å². The van der Waals surface area contributed by atoms with E-state index in [1.54, 1.807) is 14.0 Å². The molecular weight excluding hydrogens is 240 g/mol. The Morgan fingerprint density at radius 2 is 1.95 bits per heavy atom. The third-order valence-electron chi connectivity index (χ3n) is 4.15. The van der Waals surface area contributed by atoms with Gasteiger partial charge in [0.25, 0.3) is 0 Å². The number of rotatable bonds is 3. The molecule has 2 bridgehead atoms. The lowest BCUT2D eigenvalue weighted by Crippen LogP contribution is -2.33. The van der Waals surface area contributed by atoms with Crippen LogP contribution in [0.4, 0.5) is 0 Å². The zero-order valence-corrected chi connectivity index (χ0v) is 11.2. The highest BCUT2D eigenvalue weighted by Gasteiger charge is 2.51. The summed E-state index contributed by atoms with van der Waals surface area (Å²) in [5.41, 5.74) is 1.15. The second kappa shape index (κ2) is 4.91. The maximum atomic E-state index is 12.0. The molecule has 3 heteroatoms. The van der Waals surface area contributed by atoms with Crippen molar-refractivity contribution in [3.63, 3.8) is 0 Å². The van der Waals surface area contributed by atoms with Crippen LogP contribution < -0.4 is 0 Å². The highest BCUT2D eigenvalue weighted by molar-refractivity contribution is 5.81. The van der Waals surface area contributed by atoms with Gasteiger partial charge in [0.2, 0.25) is 0 Å². The minimum atomic E-state index is -0.112. The monoisotopic (exact) mass is 258 g/mol. The minimum absolute atomic E-state index is 0.0728. The smallest absolute Gasteiger partial charge is 0.136 e. The second-order valence-electron chi connectivity index (χ2n) is 5.22. The molecule has 1 aromatic rings. The summed E-state index contributed by atoms with van der Waals surface area (Å²) in [5, 5.41) is 0. The van der Waals surface area contributed by atoms with Gasteiger partial charge >= 0.3 is 0 Å². The fourth-order valence-corrected chi connectivity index (χ4v) is 3.30. The molecule has 2 aliphatic heterocycles. The summed E-state index contributed by atoms with van der Waals surface area (Å²) in [6.45, 7) is 1.65. The molecule has 1 aromatic carbocycles. The predicted molar refractivity (Wildman–Crippen MR) is 72.0 cm³/mol. The molecule has 3 nitrogen and oxygen atoms in total. The highest BCUT2D eigenvalue weighted by Crippen LogP contribution is 2.45. The Balaban J connectivity index is 2.02. The van der Waals surface area contributed by atoms with E-state index < -0.39 is 0 Å². The van der Waals surface area contributed by atoms with Crippen molar-refractivity contribution in [1.29, 1.82) is 0 Å². The van der Waals surface area contributed by atoms with Crippen LogP contribution in [-0.2, 0) is 14.3 Å². The number of benzene rings is 1. The van der Waals surface area contributed by atoms with Gasteiger partial charge in [0.1, 0.15) is 11.9 Å². The van der Waals surface area contributed by atoms with Crippen LogP contribution in [0.2, 0.25) is 0 Å². The van der Waals surface area contributed by atoms with Crippen molar-refractivity contribution in [3.8, 4) is 0 Å². The lowest BCUT2D eigenvalue weighted by Gasteiger charge is -2.27. The van der Waals surface area contributed by atoms with Crippen molar-refractivity contribution in [2.45, 2.75) is 31.2 Å². The Morgan fingerprint density at radius 1 is 1.21 bits per heavy atom. The van der Waals surface area contributed by atoms with Crippen LogP contribution in [0.3, 0.4) is 0 Å². The first-order valence-corrected chi connectivity index (χ1v) is 6.64. The van der Waals surface area contributed by atoms with Crippen LogP contribution in [0.25, 0.3) is 0 Å². The molecular formula is C16H18O3. The van der Waals surface area contributed by atoms with E-state index in [0.29, 0.717) is 0 Å². The molecule has 2 aliphatic rings. The summed E-state index contributed by atoms with van der Waals surface area (Å²) in [4.78, 5) is 12.0. The molecule has 0 aromatic heterocycles. The number of carbonyl (C=O) groups excluding carboxylic acids is 1. The third kappa shape index (κ3) is 2.03. The van der Waals surface area contributed by atoms with E-state index in [1.165, 1.54) is 0 Å². The van der Waals surface area contributed by atoms with Gasteiger partial charge in [-0.2, -0.15) is 0 Å². The summed E-state index contributed by atoms with van der Waals surface area (Å²) >= 11 is 0. The number of hydrogen-bond acceptors (Lipinski definition) is 3. The molecule has 1 fully saturated rings. The maximum Gasteiger partial charge on any atom is 0.136 e. The summed E-state index contributed by atoms with van der Waals surface area (Å²) < 4.78 is 11.5. The Hall–Kier alpha value is -1.45. The Kier molecular flexibility index (Phi) is 3.25. The Morgan fingerprint density at radius 3 is 2.58 bits per heavy atom. The summed E-state index contributed by atoms with van der Waals surface area (Å²) in [5.74, 6) is 0.148. The van der Waals surface area contributed by atoms with E-state index in [9.17, 15) is 4.79 Å². The SMILES string of the molecule is CO[C@H]1C=C[C@@H]2O[C@H]1[C@H](c1ccccc1)[C@H]2C(C)=O. The largest absolute Gasteiger partial charge is 0.375 e. The van der Waals surface area contributed by atoms with Crippen molar-refractivity contribution < 1.29 is 14.3 Å². The fourth-order valence-electron chi connectivity index (χ4n) is 3.30. The van der Waals surface area contributed by atoms with E-state index in [1.807, 2.05) is 30.4 Å². The molecule has 0 spiro atoms. The van der Waals surface area contributed by atoms with Crippen molar-refractivity contribution >= 4 is 5.78 Å². The maximum absolute atomic E-state index is 12.0. The summed E-state index contributed by atoms with van der Waals surface area (Å²) in [7, 11) is 1.68. The predicted octanol–water partition coefficient (Wildman–Crippen LogP) is 2.33. The van der Waals surface area contributed by atoms with E-state index in [-0.39, 0.29) is 35.9 Å². The zero-order valence-electron chi connectivity index (χ0n) is 11.2. The third-order valence-corrected chi connectivity index (χ3v) is 4.15. The molecule has 0 N–H and O–H groups in total. The van der Waals surface area contributed by atoms with Crippen molar-refractivity contribution in [2.75, 3.05) is 7.11 Å². The molecule has 0 saturated carbocycles. The zero-order chi connectivity index (χ0) is 13.4. The van der Waals surface area contributed by atoms with Gasteiger partial charge < -0.3 is 9.47 Å². The highest BCUT2D eigenvalue weighted by atomic mass is 16.5. The molecule has 3 rings (SSSR count). The van der Waals surface area contributed by atoms with Gasteiger partial charge in [0.05, 0.1) is 18.1 Å². The first-order valence-electron chi connectivity index (χ1n) is 6.64. The molecule has 0 aliphatic carbocycles. The van der Waals surface area contributed by atoms with Gasteiger partial charge in [-0.25, -0.2) is 0 Å². The molecule has 1 saturated heterocycles. The lowest BCUT2D eigenvalue weighted by atomic mass is 9.80. The minimum Gasteiger partial charge on any atom is -0.375 e. The number of fused-ring (bicyclic) bond motifs is 2. The van der Waals surface area contributed by atoms with Crippen LogP contribution in [0.1, 0.15) is 18.4 Å². The number of carbonyl (C=O) groups is 1. The van der Waals surface area contributed by atoms with Crippen molar-refractivity contribution in [1.82, 2.24) is 0 Å². The van der Waals surface area contributed by atoms with E-state index in [4.69, 9.17) is 9.47 Å². The molecule has 0 radical (unpaired) electrons. The number of ether oxygens (including phenoxy) is 2. The standard InChI is InChI=1S/C16H18O3/c1-10(17)14-12-8-9-13(18-2)16(19-12)15(14)11-6-4-3-5-7-11/h3-9,12-16H,1-2H3/t12-,13-,14-,15+,16+/m0/s1. The summed E-state index contributed by atoms with van der Waals surface area (Å²) in [6.07, 6.45) is 3.73. The van der Waals surface area contributed by atoms with Gasteiger partial charge in [-0.15, -0.1) is 0 Å². The number of Topliss-reactive ketones (excluding diaryl/α,β-unsaturated/α-hetero) is 1. The molecule has 2 heterocycles. The van der Waals surface area contributed by atoms with Gasteiger partial charge in [-0.05, 0) is 12.5 Å². The van der Waals surface area contributed by atoms with Crippen molar-refractivity contribution in [3.05, 3.63) is 48.0 Å². The molecule has 5 atom stereocenters. The molecule has 0 unspecified atom stereocenters. The average molecular weight is 258 g/mol. The Bertz CT molecular complexity index is 494. The molecule has 100 valence electrons. The number of ketones is 1. The first-order chi connectivity index (χ1) is 9.22. The van der Waals surface area contributed by atoms with Crippen LogP contribution in [0, 0.1) is 5.92 Å². The van der Waals surface area contributed by atoms with Gasteiger partial charge in [0, 0.05) is 13.0 Å². The average Bonchev–Trinajstić information content (AvgIpc) is 2.74. The fraction of sp³-hybridized carbons (Fsp3) is 0.438. The Labute approximate surface area is 113 Å². The van der Waals surface area contributed by atoms with Gasteiger partial charge in [-0.3, -0.25) is 4.79 Å². The lowest BCUT2D eigenvalue weighted by molar-refractivity contribution is -0.122. The second-order valence-corrected chi connectivity index (χ2v) is 5.22. The van der Waals surface area contributed by atoms with E-state index in [2.05, 4.69) is 12.1 Å². The van der Waals surface area contributed by atoms with Crippen LogP contribution in [0.15, 0.2) is 42.5 Å².